The number of rotatable bonds is 1. The Bertz CT molecular complexity index is 229. The molecule has 2 aliphatic heterocycles. The van der Waals surface area contributed by atoms with Gasteiger partial charge in [0.25, 0.3) is 5.91 Å². The van der Waals surface area contributed by atoms with Crippen molar-refractivity contribution in [2.24, 2.45) is 5.92 Å². The van der Waals surface area contributed by atoms with Crippen molar-refractivity contribution >= 4 is 5.91 Å². The van der Waals surface area contributed by atoms with Gasteiger partial charge in [-0.3, -0.25) is 4.79 Å². The van der Waals surface area contributed by atoms with Gasteiger partial charge in [-0.2, -0.15) is 0 Å². The zero-order chi connectivity index (χ0) is 8.18. The highest BCUT2D eigenvalue weighted by Gasteiger charge is 2.62. The molecule has 12 heavy (non-hydrogen) atoms. The summed E-state index contributed by atoms with van der Waals surface area (Å²) in [6.07, 6.45) is 4.54. The summed E-state index contributed by atoms with van der Waals surface area (Å²) in [6, 6.07) is 0.354. The zero-order valence-electron chi connectivity index (χ0n) is 7.01. The predicted octanol–water partition coefficient (Wildman–Crippen LogP) is 0.444. The van der Waals surface area contributed by atoms with E-state index in [4.69, 9.17) is 4.74 Å². The highest BCUT2D eigenvalue weighted by Crippen LogP contribution is 2.46. The molecule has 3 heteroatoms. The van der Waals surface area contributed by atoms with Crippen molar-refractivity contribution in [3.05, 3.63) is 0 Å². The SMILES string of the molecule is O=C1N[C@@H](C2CC2)[C@@]12CCCO2. The van der Waals surface area contributed by atoms with Crippen LogP contribution in [0.15, 0.2) is 0 Å². The van der Waals surface area contributed by atoms with Gasteiger partial charge in [-0.15, -0.1) is 0 Å². The fourth-order valence-corrected chi connectivity index (χ4v) is 2.46. The molecule has 0 bridgehead atoms. The first-order valence-electron chi connectivity index (χ1n) is 4.78. The van der Waals surface area contributed by atoms with E-state index in [1.165, 1.54) is 12.8 Å². The zero-order valence-corrected chi connectivity index (χ0v) is 7.01. The number of carbonyl (C=O) groups excluding carboxylic acids is 1. The average molecular weight is 167 g/mol. The van der Waals surface area contributed by atoms with Crippen molar-refractivity contribution in [2.45, 2.75) is 37.3 Å². The van der Waals surface area contributed by atoms with Crippen LogP contribution in [0.4, 0.5) is 0 Å². The Morgan fingerprint density at radius 3 is 2.83 bits per heavy atom. The Morgan fingerprint density at radius 1 is 1.50 bits per heavy atom. The first-order chi connectivity index (χ1) is 5.83. The highest BCUT2D eigenvalue weighted by molar-refractivity contribution is 5.93. The van der Waals surface area contributed by atoms with Gasteiger partial charge in [-0.25, -0.2) is 0 Å². The molecule has 2 saturated heterocycles. The van der Waals surface area contributed by atoms with Gasteiger partial charge in [0.2, 0.25) is 0 Å². The van der Waals surface area contributed by atoms with Gasteiger partial charge in [0, 0.05) is 6.61 Å². The molecule has 2 heterocycles. The van der Waals surface area contributed by atoms with Crippen molar-refractivity contribution in [1.82, 2.24) is 5.32 Å². The molecule has 1 spiro atoms. The lowest BCUT2D eigenvalue weighted by atomic mass is 9.80. The molecule has 66 valence electrons. The quantitative estimate of drug-likeness (QED) is 0.576. The van der Waals surface area contributed by atoms with Gasteiger partial charge < -0.3 is 10.1 Å². The molecule has 1 N–H and O–H groups in total. The van der Waals surface area contributed by atoms with E-state index in [0.29, 0.717) is 6.04 Å². The largest absolute Gasteiger partial charge is 0.363 e. The minimum absolute atomic E-state index is 0.136. The summed E-state index contributed by atoms with van der Waals surface area (Å²) in [5.74, 6) is 0.859. The summed E-state index contributed by atoms with van der Waals surface area (Å²) >= 11 is 0. The number of hydrogen-bond donors (Lipinski definition) is 1. The van der Waals surface area contributed by atoms with Gasteiger partial charge in [-0.1, -0.05) is 0 Å². The molecule has 3 aliphatic rings. The van der Waals surface area contributed by atoms with Crippen molar-refractivity contribution in [2.75, 3.05) is 6.61 Å². The van der Waals surface area contributed by atoms with Crippen LogP contribution in [0.25, 0.3) is 0 Å². The molecule has 1 aliphatic carbocycles. The molecule has 3 rings (SSSR count). The Balaban J connectivity index is 1.84. The molecule has 0 unspecified atom stereocenters. The van der Waals surface area contributed by atoms with E-state index in [-0.39, 0.29) is 11.5 Å². The third kappa shape index (κ3) is 0.678. The summed E-state index contributed by atoms with van der Waals surface area (Å²) in [5, 5.41) is 2.97. The van der Waals surface area contributed by atoms with Gasteiger partial charge in [0.15, 0.2) is 5.60 Å². The van der Waals surface area contributed by atoms with E-state index < -0.39 is 0 Å². The van der Waals surface area contributed by atoms with E-state index >= 15 is 0 Å². The normalized spacial score (nSPS) is 46.0. The second-order valence-corrected chi connectivity index (χ2v) is 4.13. The average Bonchev–Trinajstić information content (AvgIpc) is 2.74. The molecule has 3 nitrogen and oxygen atoms in total. The van der Waals surface area contributed by atoms with E-state index in [1.807, 2.05) is 0 Å². The van der Waals surface area contributed by atoms with Crippen LogP contribution >= 0.6 is 0 Å². The molecular weight excluding hydrogens is 154 g/mol. The summed E-state index contributed by atoms with van der Waals surface area (Å²) in [4.78, 5) is 11.4. The molecule has 0 radical (unpaired) electrons. The first kappa shape index (κ1) is 6.89. The topological polar surface area (TPSA) is 38.3 Å². The number of nitrogens with one attached hydrogen (secondary N) is 1. The van der Waals surface area contributed by atoms with Gasteiger partial charge >= 0.3 is 0 Å². The fourth-order valence-electron chi connectivity index (χ4n) is 2.46. The van der Waals surface area contributed by atoms with Crippen LogP contribution < -0.4 is 5.32 Å². The molecule has 0 aromatic carbocycles. The molecule has 0 aromatic heterocycles. The number of carbonyl (C=O) groups is 1. The number of hydrogen-bond acceptors (Lipinski definition) is 2. The highest BCUT2D eigenvalue weighted by atomic mass is 16.5. The molecular formula is C9H13NO2. The molecule has 3 fully saturated rings. The number of β-lactam (4-membered cyclic amide) rings is 1. The van der Waals surface area contributed by atoms with E-state index in [2.05, 4.69) is 5.32 Å². The standard InChI is InChI=1S/C9H13NO2/c11-8-9(4-1-5-12-9)7(10-8)6-2-3-6/h6-7H,1-5H2,(H,10,11)/t7-,9-/m0/s1. The van der Waals surface area contributed by atoms with Crippen molar-refractivity contribution in [1.29, 1.82) is 0 Å². The van der Waals surface area contributed by atoms with E-state index in [1.54, 1.807) is 0 Å². The van der Waals surface area contributed by atoms with Crippen LogP contribution in [-0.2, 0) is 9.53 Å². The maximum Gasteiger partial charge on any atom is 0.254 e. The van der Waals surface area contributed by atoms with Crippen LogP contribution in [0.1, 0.15) is 25.7 Å². The summed E-state index contributed by atoms with van der Waals surface area (Å²) in [5.41, 5.74) is -0.374. The third-order valence-electron chi connectivity index (χ3n) is 3.32. The summed E-state index contributed by atoms with van der Waals surface area (Å²) in [6.45, 7) is 0.774. The second kappa shape index (κ2) is 2.02. The fraction of sp³-hybridized carbons (Fsp3) is 0.889. The van der Waals surface area contributed by atoms with Crippen molar-refractivity contribution in [3.8, 4) is 0 Å². The van der Waals surface area contributed by atoms with Crippen LogP contribution in [-0.4, -0.2) is 24.2 Å². The van der Waals surface area contributed by atoms with Gasteiger partial charge in [0.1, 0.15) is 0 Å². The Hall–Kier alpha value is -0.570. The summed E-state index contributed by atoms with van der Waals surface area (Å²) < 4.78 is 5.59. The Morgan fingerprint density at radius 2 is 2.33 bits per heavy atom. The molecule has 1 amide bonds. The van der Waals surface area contributed by atoms with Crippen molar-refractivity contribution in [3.63, 3.8) is 0 Å². The van der Waals surface area contributed by atoms with E-state index in [9.17, 15) is 4.79 Å². The minimum atomic E-state index is -0.374. The maximum absolute atomic E-state index is 11.4. The third-order valence-corrected chi connectivity index (χ3v) is 3.32. The Kier molecular flexibility index (Phi) is 1.16. The molecule has 1 saturated carbocycles. The maximum atomic E-state index is 11.4. The molecule has 2 atom stereocenters. The molecule has 0 aromatic rings. The lowest BCUT2D eigenvalue weighted by molar-refractivity contribution is -0.164. The van der Waals surface area contributed by atoms with Crippen molar-refractivity contribution < 1.29 is 9.53 Å². The second-order valence-electron chi connectivity index (χ2n) is 4.13. The monoisotopic (exact) mass is 167 g/mol. The Labute approximate surface area is 71.5 Å². The minimum Gasteiger partial charge on any atom is -0.363 e. The number of amides is 1. The lowest BCUT2D eigenvalue weighted by Gasteiger charge is -2.45. The van der Waals surface area contributed by atoms with Crippen LogP contribution in [0.3, 0.4) is 0 Å². The first-order valence-corrected chi connectivity index (χ1v) is 4.78. The number of ether oxygens (including phenoxy) is 1. The van der Waals surface area contributed by atoms with Crippen LogP contribution in [0, 0.1) is 5.92 Å². The van der Waals surface area contributed by atoms with Gasteiger partial charge in [-0.05, 0) is 31.6 Å². The van der Waals surface area contributed by atoms with Crippen LogP contribution in [0.5, 0.6) is 0 Å². The lowest BCUT2D eigenvalue weighted by Crippen LogP contribution is -2.72. The van der Waals surface area contributed by atoms with Gasteiger partial charge in [0.05, 0.1) is 6.04 Å². The predicted molar refractivity (Wildman–Crippen MR) is 42.6 cm³/mol. The van der Waals surface area contributed by atoms with E-state index in [0.717, 1.165) is 25.4 Å². The summed E-state index contributed by atoms with van der Waals surface area (Å²) in [7, 11) is 0. The smallest absolute Gasteiger partial charge is 0.254 e. The van der Waals surface area contributed by atoms with Crippen LogP contribution in [0.2, 0.25) is 0 Å².